The number of anilines is 1. The van der Waals surface area contributed by atoms with E-state index in [1.165, 1.54) is 6.07 Å². The Labute approximate surface area is 127 Å². The van der Waals surface area contributed by atoms with Crippen molar-refractivity contribution in [2.24, 2.45) is 5.92 Å². The van der Waals surface area contributed by atoms with Gasteiger partial charge < -0.3 is 15.0 Å². The third-order valence-electron chi connectivity index (χ3n) is 4.69. The minimum Gasteiger partial charge on any atom is -0.497 e. The Morgan fingerprint density at radius 2 is 2.14 bits per heavy atom. The summed E-state index contributed by atoms with van der Waals surface area (Å²) in [5.41, 5.74) is 0.655. The molecule has 3 unspecified atom stereocenters. The largest absolute Gasteiger partial charge is 0.497 e. The summed E-state index contributed by atoms with van der Waals surface area (Å²) < 4.78 is 19.4. The van der Waals surface area contributed by atoms with E-state index in [4.69, 9.17) is 4.74 Å². The maximum atomic E-state index is 14.2. The SMILES string of the molecule is CCCNC1CCN(c2cc(OC)ccc2F)C(C)C1C. The van der Waals surface area contributed by atoms with E-state index in [0.29, 0.717) is 29.4 Å². The monoisotopic (exact) mass is 294 g/mol. The average molecular weight is 294 g/mol. The number of nitrogens with one attached hydrogen (secondary N) is 1. The Balaban J connectivity index is 2.15. The molecule has 0 aromatic heterocycles. The van der Waals surface area contributed by atoms with Crippen LogP contribution >= 0.6 is 0 Å². The standard InChI is InChI=1S/C17H27FN2O/c1-5-9-19-16-8-10-20(13(3)12(16)2)17-11-14(21-4)6-7-15(17)18/h6-7,11-13,16,19H,5,8-10H2,1-4H3. The molecule has 0 saturated carbocycles. The van der Waals surface area contributed by atoms with Gasteiger partial charge in [0.05, 0.1) is 12.8 Å². The average Bonchev–Trinajstić information content (AvgIpc) is 2.50. The van der Waals surface area contributed by atoms with Crippen LogP contribution in [0.1, 0.15) is 33.6 Å². The van der Waals surface area contributed by atoms with Crippen LogP contribution in [-0.4, -0.2) is 32.3 Å². The summed E-state index contributed by atoms with van der Waals surface area (Å²) in [5, 5.41) is 3.62. The molecule has 1 aliphatic rings. The van der Waals surface area contributed by atoms with Crippen LogP contribution in [0, 0.1) is 11.7 Å². The first-order valence-corrected chi connectivity index (χ1v) is 7.92. The second-order valence-electron chi connectivity index (χ2n) is 5.96. The van der Waals surface area contributed by atoms with Crippen molar-refractivity contribution in [1.82, 2.24) is 5.32 Å². The Hall–Kier alpha value is -1.29. The Morgan fingerprint density at radius 1 is 1.38 bits per heavy atom. The third-order valence-corrected chi connectivity index (χ3v) is 4.69. The quantitative estimate of drug-likeness (QED) is 0.900. The molecule has 4 heteroatoms. The highest BCUT2D eigenvalue weighted by Crippen LogP contribution is 2.32. The molecule has 21 heavy (non-hydrogen) atoms. The number of piperidine rings is 1. The highest BCUT2D eigenvalue weighted by Gasteiger charge is 2.33. The molecule has 1 aromatic carbocycles. The number of hydrogen-bond donors (Lipinski definition) is 1. The van der Waals surface area contributed by atoms with E-state index < -0.39 is 0 Å². The second-order valence-corrected chi connectivity index (χ2v) is 5.96. The van der Waals surface area contributed by atoms with Crippen molar-refractivity contribution in [3.63, 3.8) is 0 Å². The minimum atomic E-state index is -0.171. The third kappa shape index (κ3) is 3.49. The number of nitrogens with zero attached hydrogens (tertiary/aromatic N) is 1. The van der Waals surface area contributed by atoms with E-state index in [1.807, 2.05) is 0 Å². The van der Waals surface area contributed by atoms with Crippen molar-refractivity contribution >= 4 is 5.69 Å². The van der Waals surface area contributed by atoms with Crippen LogP contribution in [0.15, 0.2) is 18.2 Å². The van der Waals surface area contributed by atoms with Gasteiger partial charge in [0.25, 0.3) is 0 Å². The van der Waals surface area contributed by atoms with E-state index in [1.54, 1.807) is 19.2 Å². The van der Waals surface area contributed by atoms with Gasteiger partial charge in [-0.1, -0.05) is 13.8 Å². The van der Waals surface area contributed by atoms with Gasteiger partial charge in [0.1, 0.15) is 11.6 Å². The smallest absolute Gasteiger partial charge is 0.146 e. The van der Waals surface area contributed by atoms with E-state index in [2.05, 4.69) is 31.0 Å². The fraction of sp³-hybridized carbons (Fsp3) is 0.647. The summed E-state index contributed by atoms with van der Waals surface area (Å²) in [6, 6.07) is 5.79. The van der Waals surface area contributed by atoms with Crippen LogP contribution in [0.4, 0.5) is 10.1 Å². The molecule has 0 spiro atoms. The van der Waals surface area contributed by atoms with E-state index in [9.17, 15) is 4.39 Å². The predicted molar refractivity (Wildman–Crippen MR) is 85.6 cm³/mol. The second kappa shape index (κ2) is 7.12. The molecule has 2 rings (SSSR count). The molecule has 0 radical (unpaired) electrons. The lowest BCUT2D eigenvalue weighted by Crippen LogP contribution is -2.53. The summed E-state index contributed by atoms with van der Waals surface area (Å²) in [5.74, 6) is 1.02. The van der Waals surface area contributed by atoms with Gasteiger partial charge in [-0.3, -0.25) is 0 Å². The number of hydrogen-bond acceptors (Lipinski definition) is 3. The first kappa shape index (κ1) is 16.1. The van der Waals surface area contributed by atoms with Gasteiger partial charge in [-0.15, -0.1) is 0 Å². The van der Waals surface area contributed by atoms with Gasteiger partial charge in [-0.2, -0.15) is 0 Å². The normalized spacial score (nSPS) is 26.0. The molecule has 0 aliphatic carbocycles. The molecule has 1 fully saturated rings. The van der Waals surface area contributed by atoms with Crippen LogP contribution < -0.4 is 15.0 Å². The molecule has 1 aromatic rings. The van der Waals surface area contributed by atoms with Gasteiger partial charge in [0.15, 0.2) is 0 Å². The topological polar surface area (TPSA) is 24.5 Å². The van der Waals surface area contributed by atoms with Crippen molar-refractivity contribution in [3.8, 4) is 5.75 Å². The molecular weight excluding hydrogens is 267 g/mol. The first-order chi connectivity index (χ1) is 10.1. The van der Waals surface area contributed by atoms with Crippen LogP contribution in [0.3, 0.4) is 0 Å². The Bertz CT molecular complexity index is 466. The molecule has 3 nitrogen and oxygen atoms in total. The lowest BCUT2D eigenvalue weighted by Gasteiger charge is -2.44. The molecule has 1 N–H and O–H groups in total. The number of halogens is 1. The van der Waals surface area contributed by atoms with E-state index in [-0.39, 0.29) is 5.82 Å². The zero-order valence-corrected chi connectivity index (χ0v) is 13.5. The van der Waals surface area contributed by atoms with Crippen molar-refractivity contribution in [3.05, 3.63) is 24.0 Å². The highest BCUT2D eigenvalue weighted by atomic mass is 19.1. The Kier molecular flexibility index (Phi) is 5.45. The maximum absolute atomic E-state index is 14.2. The summed E-state index contributed by atoms with van der Waals surface area (Å²) in [7, 11) is 1.62. The van der Waals surface area contributed by atoms with Gasteiger partial charge in [-0.25, -0.2) is 4.39 Å². The van der Waals surface area contributed by atoms with Gasteiger partial charge in [0, 0.05) is 24.7 Å². The van der Waals surface area contributed by atoms with Crippen LogP contribution in [-0.2, 0) is 0 Å². The van der Waals surface area contributed by atoms with Gasteiger partial charge >= 0.3 is 0 Å². The summed E-state index contributed by atoms with van der Waals surface area (Å²) in [6.45, 7) is 8.54. The predicted octanol–water partition coefficient (Wildman–Crippen LogP) is 3.44. The van der Waals surface area contributed by atoms with E-state index >= 15 is 0 Å². The van der Waals surface area contributed by atoms with Crippen molar-refractivity contribution < 1.29 is 9.13 Å². The van der Waals surface area contributed by atoms with Gasteiger partial charge in [-0.05, 0) is 44.4 Å². The van der Waals surface area contributed by atoms with Crippen LogP contribution in [0.25, 0.3) is 0 Å². The lowest BCUT2D eigenvalue weighted by atomic mass is 9.86. The molecule has 118 valence electrons. The fourth-order valence-corrected chi connectivity index (χ4v) is 3.16. The van der Waals surface area contributed by atoms with Crippen LogP contribution in [0.2, 0.25) is 0 Å². The fourth-order valence-electron chi connectivity index (χ4n) is 3.16. The zero-order valence-electron chi connectivity index (χ0n) is 13.5. The molecule has 0 amide bonds. The lowest BCUT2D eigenvalue weighted by molar-refractivity contribution is 0.269. The summed E-state index contributed by atoms with van der Waals surface area (Å²) in [4.78, 5) is 2.17. The number of ether oxygens (including phenoxy) is 1. The summed E-state index contributed by atoms with van der Waals surface area (Å²) >= 11 is 0. The molecule has 1 aliphatic heterocycles. The molecular formula is C17H27FN2O. The molecule has 1 heterocycles. The number of benzene rings is 1. The molecule has 3 atom stereocenters. The van der Waals surface area contributed by atoms with Crippen molar-refractivity contribution in [2.45, 2.75) is 45.7 Å². The molecule has 1 saturated heterocycles. The summed E-state index contributed by atoms with van der Waals surface area (Å²) in [6.07, 6.45) is 2.19. The van der Waals surface area contributed by atoms with E-state index in [0.717, 1.165) is 25.9 Å². The number of rotatable bonds is 5. The maximum Gasteiger partial charge on any atom is 0.146 e. The molecule has 0 bridgehead atoms. The Morgan fingerprint density at radius 3 is 2.81 bits per heavy atom. The van der Waals surface area contributed by atoms with Crippen LogP contribution in [0.5, 0.6) is 5.75 Å². The minimum absolute atomic E-state index is 0.171. The van der Waals surface area contributed by atoms with Crippen molar-refractivity contribution in [1.29, 1.82) is 0 Å². The first-order valence-electron chi connectivity index (χ1n) is 7.92. The zero-order chi connectivity index (χ0) is 15.4. The highest BCUT2D eigenvalue weighted by molar-refractivity contribution is 5.53. The number of methoxy groups -OCH3 is 1. The van der Waals surface area contributed by atoms with Gasteiger partial charge in [0.2, 0.25) is 0 Å². The van der Waals surface area contributed by atoms with Crippen molar-refractivity contribution in [2.75, 3.05) is 25.1 Å².